The minimum Gasteiger partial charge on any atom is -0.313 e. The Balaban J connectivity index is 1.58. The van der Waals surface area contributed by atoms with E-state index < -0.39 is 0 Å². The van der Waals surface area contributed by atoms with Crippen LogP contribution in [0.4, 0.5) is 0 Å². The molecule has 1 saturated carbocycles. The predicted molar refractivity (Wildman–Crippen MR) is 91.8 cm³/mol. The Morgan fingerprint density at radius 1 is 1.14 bits per heavy atom. The molecular formula is C18H37N3. The molecule has 1 aliphatic heterocycles. The Morgan fingerprint density at radius 2 is 1.81 bits per heavy atom. The van der Waals surface area contributed by atoms with E-state index in [0.29, 0.717) is 6.04 Å². The highest BCUT2D eigenvalue weighted by Crippen LogP contribution is 2.22. The van der Waals surface area contributed by atoms with Gasteiger partial charge in [-0.25, -0.2) is 0 Å². The first kappa shape index (κ1) is 17.2. The SMILES string of the molecule is CCCN1CCC(C(C)NCCN(C)C2CCCC2)CC1. The molecule has 0 aromatic heterocycles. The van der Waals surface area contributed by atoms with Gasteiger partial charge in [0.1, 0.15) is 0 Å². The van der Waals surface area contributed by atoms with E-state index in [1.807, 2.05) is 0 Å². The van der Waals surface area contributed by atoms with Crippen molar-refractivity contribution >= 4 is 0 Å². The normalized spacial score (nSPS) is 24.0. The van der Waals surface area contributed by atoms with Crippen LogP contribution < -0.4 is 5.32 Å². The molecule has 3 heteroatoms. The van der Waals surface area contributed by atoms with E-state index >= 15 is 0 Å². The number of nitrogens with zero attached hydrogens (tertiary/aromatic N) is 2. The van der Waals surface area contributed by atoms with Crippen molar-refractivity contribution in [1.29, 1.82) is 0 Å². The summed E-state index contributed by atoms with van der Waals surface area (Å²) in [7, 11) is 2.31. The fraction of sp³-hybridized carbons (Fsp3) is 1.00. The van der Waals surface area contributed by atoms with Crippen LogP contribution >= 0.6 is 0 Å². The van der Waals surface area contributed by atoms with Crippen molar-refractivity contribution in [2.45, 2.75) is 70.9 Å². The molecule has 1 heterocycles. The lowest BCUT2D eigenvalue weighted by atomic mass is 9.90. The smallest absolute Gasteiger partial charge is 0.0107 e. The molecule has 2 rings (SSSR count). The lowest BCUT2D eigenvalue weighted by molar-refractivity contribution is 0.160. The van der Waals surface area contributed by atoms with Crippen LogP contribution in [0.25, 0.3) is 0 Å². The molecule has 0 radical (unpaired) electrons. The van der Waals surface area contributed by atoms with Gasteiger partial charge in [-0.15, -0.1) is 0 Å². The number of hydrogen-bond donors (Lipinski definition) is 1. The first-order valence-electron chi connectivity index (χ1n) is 9.36. The van der Waals surface area contributed by atoms with E-state index in [1.54, 1.807) is 0 Å². The molecule has 0 amide bonds. The maximum atomic E-state index is 3.79. The second-order valence-electron chi connectivity index (χ2n) is 7.34. The fourth-order valence-electron chi connectivity index (χ4n) is 4.16. The Kier molecular flexibility index (Phi) is 7.48. The Hall–Kier alpha value is -0.120. The van der Waals surface area contributed by atoms with E-state index in [2.05, 4.69) is 36.0 Å². The van der Waals surface area contributed by atoms with Gasteiger partial charge in [0.15, 0.2) is 0 Å². The molecule has 3 nitrogen and oxygen atoms in total. The standard InChI is InChI=1S/C18H37N3/c1-4-12-21-13-9-17(10-14-21)16(2)19-11-15-20(3)18-7-5-6-8-18/h16-19H,4-15H2,1-3H3. The van der Waals surface area contributed by atoms with Crippen molar-refractivity contribution in [1.82, 2.24) is 15.1 Å². The average Bonchev–Trinajstić information content (AvgIpc) is 3.02. The van der Waals surface area contributed by atoms with Gasteiger partial charge < -0.3 is 15.1 Å². The fourth-order valence-corrected chi connectivity index (χ4v) is 4.16. The zero-order chi connectivity index (χ0) is 15.1. The van der Waals surface area contributed by atoms with Gasteiger partial charge in [-0.3, -0.25) is 0 Å². The zero-order valence-electron chi connectivity index (χ0n) is 14.6. The van der Waals surface area contributed by atoms with Crippen molar-refractivity contribution in [3.05, 3.63) is 0 Å². The number of rotatable bonds is 8. The largest absolute Gasteiger partial charge is 0.313 e. The lowest BCUT2D eigenvalue weighted by Gasteiger charge is -2.35. The topological polar surface area (TPSA) is 18.5 Å². The number of likely N-dealkylation sites (N-methyl/N-ethyl adjacent to an activating group) is 1. The van der Waals surface area contributed by atoms with Gasteiger partial charge in [-0.1, -0.05) is 19.8 Å². The molecular weight excluding hydrogens is 258 g/mol. The van der Waals surface area contributed by atoms with Gasteiger partial charge in [-0.05, 0) is 71.6 Å². The van der Waals surface area contributed by atoms with Crippen LogP contribution in [0, 0.1) is 5.92 Å². The minimum atomic E-state index is 0.686. The Bertz CT molecular complexity index is 268. The molecule has 0 aromatic rings. The van der Waals surface area contributed by atoms with Gasteiger partial charge >= 0.3 is 0 Å². The summed E-state index contributed by atoms with van der Waals surface area (Å²) in [6.45, 7) is 11.0. The first-order chi connectivity index (χ1) is 10.2. The van der Waals surface area contributed by atoms with E-state index in [0.717, 1.165) is 18.5 Å². The van der Waals surface area contributed by atoms with Gasteiger partial charge in [0.2, 0.25) is 0 Å². The molecule has 0 bridgehead atoms. The van der Waals surface area contributed by atoms with Gasteiger partial charge in [0, 0.05) is 25.2 Å². The summed E-state index contributed by atoms with van der Waals surface area (Å²) in [4.78, 5) is 5.22. The van der Waals surface area contributed by atoms with Gasteiger partial charge in [0.05, 0.1) is 0 Å². The molecule has 124 valence electrons. The number of likely N-dealkylation sites (tertiary alicyclic amines) is 1. The molecule has 2 aliphatic rings. The first-order valence-corrected chi connectivity index (χ1v) is 9.36. The highest BCUT2D eigenvalue weighted by Gasteiger charge is 2.23. The van der Waals surface area contributed by atoms with Gasteiger partial charge in [0.25, 0.3) is 0 Å². The summed E-state index contributed by atoms with van der Waals surface area (Å²) in [6, 6.07) is 1.55. The van der Waals surface area contributed by atoms with E-state index in [1.165, 1.54) is 71.1 Å². The number of hydrogen-bond acceptors (Lipinski definition) is 3. The maximum absolute atomic E-state index is 3.79. The van der Waals surface area contributed by atoms with Crippen molar-refractivity contribution in [2.24, 2.45) is 5.92 Å². The van der Waals surface area contributed by atoms with Crippen LogP contribution in [0.5, 0.6) is 0 Å². The molecule has 1 unspecified atom stereocenters. The summed E-state index contributed by atoms with van der Waals surface area (Å²) in [5, 5.41) is 3.79. The summed E-state index contributed by atoms with van der Waals surface area (Å²) in [6.07, 6.45) is 9.78. The van der Waals surface area contributed by atoms with Crippen molar-refractivity contribution in [3.8, 4) is 0 Å². The molecule has 21 heavy (non-hydrogen) atoms. The third kappa shape index (κ3) is 5.54. The number of piperidine rings is 1. The quantitative estimate of drug-likeness (QED) is 0.743. The van der Waals surface area contributed by atoms with E-state index in [4.69, 9.17) is 0 Å². The average molecular weight is 296 g/mol. The molecule has 0 aromatic carbocycles. The molecule has 1 atom stereocenters. The highest BCUT2D eigenvalue weighted by molar-refractivity contribution is 4.80. The second kappa shape index (κ2) is 9.12. The van der Waals surface area contributed by atoms with Crippen LogP contribution in [-0.4, -0.2) is 61.7 Å². The summed E-state index contributed by atoms with van der Waals surface area (Å²) in [5.41, 5.74) is 0. The lowest BCUT2D eigenvalue weighted by Crippen LogP contribution is -2.44. The van der Waals surface area contributed by atoms with Crippen molar-refractivity contribution < 1.29 is 0 Å². The molecule has 2 fully saturated rings. The zero-order valence-corrected chi connectivity index (χ0v) is 14.6. The Morgan fingerprint density at radius 3 is 2.43 bits per heavy atom. The van der Waals surface area contributed by atoms with Crippen molar-refractivity contribution in [3.63, 3.8) is 0 Å². The third-order valence-corrected chi connectivity index (χ3v) is 5.76. The number of nitrogens with one attached hydrogen (secondary N) is 1. The van der Waals surface area contributed by atoms with Crippen LogP contribution in [0.1, 0.15) is 58.8 Å². The monoisotopic (exact) mass is 295 g/mol. The van der Waals surface area contributed by atoms with Crippen LogP contribution in [0.15, 0.2) is 0 Å². The highest BCUT2D eigenvalue weighted by atomic mass is 15.2. The minimum absolute atomic E-state index is 0.686. The predicted octanol–water partition coefficient (Wildman–Crippen LogP) is 2.96. The Labute approximate surface area is 132 Å². The molecule has 1 N–H and O–H groups in total. The molecule has 1 saturated heterocycles. The van der Waals surface area contributed by atoms with E-state index in [-0.39, 0.29) is 0 Å². The summed E-state index contributed by atoms with van der Waals surface area (Å²) in [5.74, 6) is 0.884. The van der Waals surface area contributed by atoms with Crippen LogP contribution in [0.2, 0.25) is 0 Å². The molecule has 0 spiro atoms. The molecule has 1 aliphatic carbocycles. The second-order valence-corrected chi connectivity index (χ2v) is 7.34. The van der Waals surface area contributed by atoms with Crippen molar-refractivity contribution in [2.75, 3.05) is 39.8 Å². The van der Waals surface area contributed by atoms with Crippen LogP contribution in [0.3, 0.4) is 0 Å². The van der Waals surface area contributed by atoms with Crippen LogP contribution in [-0.2, 0) is 0 Å². The summed E-state index contributed by atoms with van der Waals surface area (Å²) < 4.78 is 0. The maximum Gasteiger partial charge on any atom is 0.0107 e. The van der Waals surface area contributed by atoms with E-state index in [9.17, 15) is 0 Å². The third-order valence-electron chi connectivity index (χ3n) is 5.76. The summed E-state index contributed by atoms with van der Waals surface area (Å²) >= 11 is 0. The van der Waals surface area contributed by atoms with Gasteiger partial charge in [-0.2, -0.15) is 0 Å².